The number of benzene rings is 1. The van der Waals surface area contributed by atoms with E-state index in [0.717, 1.165) is 39.6 Å². The average Bonchev–Trinajstić information content (AvgIpc) is 3.43. The van der Waals surface area contributed by atoms with Crippen molar-refractivity contribution < 1.29 is 9.53 Å². The van der Waals surface area contributed by atoms with E-state index >= 15 is 0 Å². The summed E-state index contributed by atoms with van der Waals surface area (Å²) in [5, 5.41) is 0. The number of hydrogen-bond donors (Lipinski definition) is 0. The van der Waals surface area contributed by atoms with Gasteiger partial charge in [-0.3, -0.25) is 4.79 Å². The van der Waals surface area contributed by atoms with Crippen LogP contribution in [0.4, 0.5) is 0 Å². The minimum atomic E-state index is -0.104. The normalized spacial score (nSPS) is 11.2. The fraction of sp³-hybridized carbons (Fsp3) is 0.192. The van der Waals surface area contributed by atoms with E-state index in [1.807, 2.05) is 102 Å². The van der Waals surface area contributed by atoms with Crippen molar-refractivity contribution in [2.24, 2.45) is 0 Å². The first kappa shape index (κ1) is 20.8. The SMILES string of the molecule is Cc1ccc(C)c(OCC(=O)N(Cc2cnc3ccccn23)Cc2cnc3ccccn23)c1. The molecule has 4 aromatic heterocycles. The lowest BCUT2D eigenvalue weighted by Gasteiger charge is -2.23. The summed E-state index contributed by atoms with van der Waals surface area (Å²) in [6.45, 7) is 4.75. The number of fused-ring (bicyclic) bond motifs is 2. The minimum absolute atomic E-state index is 0.0439. The van der Waals surface area contributed by atoms with Crippen LogP contribution in [-0.4, -0.2) is 36.2 Å². The van der Waals surface area contributed by atoms with Gasteiger partial charge in [0.2, 0.25) is 0 Å². The van der Waals surface area contributed by atoms with Crippen molar-refractivity contribution in [1.82, 2.24) is 23.7 Å². The van der Waals surface area contributed by atoms with Crippen molar-refractivity contribution in [3.8, 4) is 5.75 Å². The maximum atomic E-state index is 13.4. The van der Waals surface area contributed by atoms with E-state index in [-0.39, 0.29) is 12.5 Å². The van der Waals surface area contributed by atoms with Crippen LogP contribution in [0.3, 0.4) is 0 Å². The molecule has 0 radical (unpaired) electrons. The Bertz CT molecular complexity index is 1360. The summed E-state index contributed by atoms with van der Waals surface area (Å²) in [5.74, 6) is 0.626. The van der Waals surface area contributed by atoms with Crippen molar-refractivity contribution in [1.29, 1.82) is 0 Å². The molecule has 33 heavy (non-hydrogen) atoms. The summed E-state index contributed by atoms with van der Waals surface area (Å²) < 4.78 is 9.94. The molecule has 0 saturated carbocycles. The zero-order chi connectivity index (χ0) is 22.8. The lowest BCUT2D eigenvalue weighted by molar-refractivity contribution is -0.134. The first-order valence-electron chi connectivity index (χ1n) is 10.9. The Morgan fingerprint density at radius 3 is 2.09 bits per heavy atom. The molecular formula is C26H25N5O2. The van der Waals surface area contributed by atoms with Crippen LogP contribution in [0, 0.1) is 13.8 Å². The van der Waals surface area contributed by atoms with Crippen molar-refractivity contribution in [3.05, 3.63) is 102 Å². The number of rotatable bonds is 7. The number of ether oxygens (including phenoxy) is 1. The standard InChI is InChI=1S/C26H25N5O2/c1-19-9-10-20(2)23(13-19)33-18-26(32)29(16-21-14-27-24-7-3-5-11-30(21)24)17-22-15-28-25-8-4-6-12-31(22)25/h3-15H,16-18H2,1-2H3. The largest absolute Gasteiger partial charge is 0.483 e. The van der Waals surface area contributed by atoms with Crippen molar-refractivity contribution >= 4 is 17.2 Å². The highest BCUT2D eigenvalue weighted by Gasteiger charge is 2.19. The zero-order valence-electron chi connectivity index (χ0n) is 18.7. The molecule has 0 saturated heterocycles. The van der Waals surface area contributed by atoms with E-state index < -0.39 is 0 Å². The van der Waals surface area contributed by atoms with E-state index in [1.165, 1.54) is 0 Å². The van der Waals surface area contributed by atoms with E-state index in [1.54, 1.807) is 4.90 Å². The number of pyridine rings is 2. The molecule has 1 aromatic carbocycles. The molecule has 0 atom stereocenters. The number of carbonyl (C=O) groups is 1. The minimum Gasteiger partial charge on any atom is -0.483 e. The Kier molecular flexibility index (Phi) is 5.52. The lowest BCUT2D eigenvalue weighted by Crippen LogP contribution is -2.35. The molecule has 0 fully saturated rings. The smallest absolute Gasteiger partial charge is 0.261 e. The highest BCUT2D eigenvalue weighted by atomic mass is 16.5. The number of aromatic nitrogens is 4. The molecule has 7 heteroatoms. The Morgan fingerprint density at radius 1 is 0.879 bits per heavy atom. The second kappa shape index (κ2) is 8.78. The summed E-state index contributed by atoms with van der Waals surface area (Å²) in [4.78, 5) is 24.1. The fourth-order valence-electron chi connectivity index (χ4n) is 3.92. The predicted molar refractivity (Wildman–Crippen MR) is 126 cm³/mol. The van der Waals surface area contributed by atoms with Gasteiger partial charge in [0, 0.05) is 12.4 Å². The van der Waals surface area contributed by atoms with E-state index in [2.05, 4.69) is 9.97 Å². The van der Waals surface area contributed by atoms with Gasteiger partial charge in [0.1, 0.15) is 17.0 Å². The van der Waals surface area contributed by atoms with Crippen LogP contribution in [0.15, 0.2) is 79.4 Å². The van der Waals surface area contributed by atoms with E-state index in [9.17, 15) is 4.79 Å². The third-order valence-corrected chi connectivity index (χ3v) is 5.74. The van der Waals surface area contributed by atoms with Gasteiger partial charge < -0.3 is 18.4 Å². The topological polar surface area (TPSA) is 64.1 Å². The molecule has 4 heterocycles. The molecule has 166 valence electrons. The number of amides is 1. The second-order valence-corrected chi connectivity index (χ2v) is 8.16. The van der Waals surface area contributed by atoms with Crippen molar-refractivity contribution in [3.63, 3.8) is 0 Å². The monoisotopic (exact) mass is 439 g/mol. The number of aryl methyl sites for hydroxylation is 2. The maximum Gasteiger partial charge on any atom is 0.261 e. The summed E-state index contributed by atoms with van der Waals surface area (Å²) in [6, 6.07) is 17.7. The number of nitrogens with zero attached hydrogens (tertiary/aromatic N) is 5. The van der Waals surface area contributed by atoms with Gasteiger partial charge >= 0.3 is 0 Å². The van der Waals surface area contributed by atoms with Gasteiger partial charge in [0.25, 0.3) is 5.91 Å². The first-order chi connectivity index (χ1) is 16.1. The summed E-state index contributed by atoms with van der Waals surface area (Å²) in [6.07, 6.45) is 7.55. The highest BCUT2D eigenvalue weighted by molar-refractivity contribution is 5.77. The van der Waals surface area contributed by atoms with E-state index in [4.69, 9.17) is 4.74 Å². The third kappa shape index (κ3) is 4.30. The molecular weight excluding hydrogens is 414 g/mol. The van der Waals surface area contributed by atoms with Crippen LogP contribution in [-0.2, 0) is 17.9 Å². The van der Waals surface area contributed by atoms with Crippen molar-refractivity contribution in [2.45, 2.75) is 26.9 Å². The summed E-state index contributed by atoms with van der Waals surface area (Å²) in [5.41, 5.74) is 5.65. The summed E-state index contributed by atoms with van der Waals surface area (Å²) in [7, 11) is 0. The molecule has 0 aliphatic rings. The van der Waals surface area contributed by atoms with Gasteiger partial charge in [-0.25, -0.2) is 9.97 Å². The molecule has 1 amide bonds. The lowest BCUT2D eigenvalue weighted by atomic mass is 10.1. The summed E-state index contributed by atoms with van der Waals surface area (Å²) >= 11 is 0. The average molecular weight is 440 g/mol. The van der Waals surface area contributed by atoms with Gasteiger partial charge in [-0.15, -0.1) is 0 Å². The quantitative estimate of drug-likeness (QED) is 0.381. The molecule has 0 aliphatic heterocycles. The predicted octanol–water partition coefficient (Wildman–Crippen LogP) is 4.21. The van der Waals surface area contributed by atoms with Crippen LogP contribution < -0.4 is 4.74 Å². The second-order valence-electron chi connectivity index (χ2n) is 8.16. The molecule has 0 spiro atoms. The Hall–Kier alpha value is -4.13. The van der Waals surface area contributed by atoms with Crippen LogP contribution >= 0.6 is 0 Å². The molecule has 0 aliphatic carbocycles. The van der Waals surface area contributed by atoms with E-state index in [0.29, 0.717) is 13.1 Å². The Balaban J connectivity index is 1.42. The molecule has 5 aromatic rings. The molecule has 7 nitrogen and oxygen atoms in total. The number of hydrogen-bond acceptors (Lipinski definition) is 4. The molecule has 0 bridgehead atoms. The highest BCUT2D eigenvalue weighted by Crippen LogP contribution is 2.20. The van der Waals surface area contributed by atoms with Crippen LogP contribution in [0.2, 0.25) is 0 Å². The van der Waals surface area contributed by atoms with Gasteiger partial charge in [0.05, 0.1) is 36.9 Å². The van der Waals surface area contributed by atoms with Crippen LogP contribution in [0.5, 0.6) is 5.75 Å². The fourth-order valence-corrected chi connectivity index (χ4v) is 3.92. The van der Waals surface area contributed by atoms with Crippen LogP contribution in [0.25, 0.3) is 11.3 Å². The third-order valence-electron chi connectivity index (χ3n) is 5.74. The zero-order valence-corrected chi connectivity index (χ0v) is 18.7. The molecule has 5 rings (SSSR count). The number of imidazole rings is 2. The van der Waals surface area contributed by atoms with Gasteiger partial charge in [0.15, 0.2) is 6.61 Å². The number of carbonyl (C=O) groups excluding carboxylic acids is 1. The van der Waals surface area contributed by atoms with Crippen LogP contribution in [0.1, 0.15) is 22.5 Å². The molecule has 0 unspecified atom stereocenters. The van der Waals surface area contributed by atoms with Gasteiger partial charge in [-0.1, -0.05) is 24.3 Å². The van der Waals surface area contributed by atoms with Gasteiger partial charge in [-0.05, 0) is 55.3 Å². The maximum absolute atomic E-state index is 13.4. The van der Waals surface area contributed by atoms with Gasteiger partial charge in [-0.2, -0.15) is 0 Å². The first-order valence-corrected chi connectivity index (χ1v) is 10.9. The Morgan fingerprint density at radius 2 is 1.48 bits per heavy atom. The molecule has 0 N–H and O–H groups in total. The Labute approximate surface area is 191 Å². The van der Waals surface area contributed by atoms with Crippen molar-refractivity contribution in [2.75, 3.05) is 6.61 Å².